The number of ether oxygens (including phenoxy) is 2. The Morgan fingerprint density at radius 2 is 1.73 bits per heavy atom. The first-order chi connectivity index (χ1) is 19.5. The van der Waals surface area contributed by atoms with Gasteiger partial charge in [-0.15, -0.1) is 0 Å². The van der Waals surface area contributed by atoms with Gasteiger partial charge in [0.05, 0.1) is 25.4 Å². The lowest BCUT2D eigenvalue weighted by atomic mass is 9.99. The zero-order chi connectivity index (χ0) is 28.3. The molecule has 2 saturated heterocycles. The molecule has 40 heavy (non-hydrogen) atoms. The molecule has 2 heterocycles. The maximum Gasteiger partial charge on any atom is 0.243 e. The molecule has 218 valence electrons. The minimum absolute atomic E-state index is 0.0168. The van der Waals surface area contributed by atoms with Crippen molar-refractivity contribution < 1.29 is 34.5 Å². The molecule has 10 nitrogen and oxygen atoms in total. The van der Waals surface area contributed by atoms with Crippen LogP contribution in [0.25, 0.3) is 0 Å². The minimum Gasteiger partial charge on any atom is -0.395 e. The predicted molar refractivity (Wildman–Crippen MR) is 148 cm³/mol. The van der Waals surface area contributed by atoms with E-state index in [0.717, 1.165) is 36.1 Å². The Bertz CT molecular complexity index is 1100. The summed E-state index contributed by atoms with van der Waals surface area (Å²) in [5.41, 5.74) is 4.91. The van der Waals surface area contributed by atoms with Crippen molar-refractivity contribution in [3.8, 4) is 0 Å². The Kier molecular flexibility index (Phi) is 11.5. The Hall–Kier alpha value is -2.86. The predicted octanol–water partition coefficient (Wildman–Crippen LogP) is 3.58. The van der Waals surface area contributed by atoms with Crippen LogP contribution in [0.3, 0.4) is 0 Å². The van der Waals surface area contributed by atoms with Crippen molar-refractivity contribution in [3.05, 3.63) is 65.2 Å². The fourth-order valence-corrected chi connectivity index (χ4v) is 5.43. The number of hydrogen-bond donors (Lipinski definition) is 5. The maximum absolute atomic E-state index is 12.5. The van der Waals surface area contributed by atoms with Crippen molar-refractivity contribution >= 4 is 17.5 Å². The van der Waals surface area contributed by atoms with Crippen LogP contribution in [0, 0.1) is 0 Å². The SMILES string of the molecule is O=C(CCCCCC(=O)Nc1cccc(C2OC(CN3CCCC3CO)CC(c3ccc(CO)cc3)O2)c1)NO. The van der Waals surface area contributed by atoms with Crippen LogP contribution in [0.15, 0.2) is 48.5 Å². The molecule has 5 N–H and O–H groups in total. The van der Waals surface area contributed by atoms with E-state index < -0.39 is 12.2 Å². The first-order valence-corrected chi connectivity index (χ1v) is 14.2. The number of aliphatic hydroxyl groups is 2. The third-order valence-corrected chi connectivity index (χ3v) is 7.64. The fourth-order valence-electron chi connectivity index (χ4n) is 5.43. The van der Waals surface area contributed by atoms with E-state index >= 15 is 0 Å². The van der Waals surface area contributed by atoms with E-state index in [1.165, 1.54) is 0 Å². The largest absolute Gasteiger partial charge is 0.395 e. The molecule has 2 aromatic carbocycles. The molecule has 0 spiro atoms. The molecule has 2 amide bonds. The van der Waals surface area contributed by atoms with E-state index in [-0.39, 0.29) is 43.8 Å². The quantitative estimate of drug-likeness (QED) is 0.144. The average molecular weight is 556 g/mol. The van der Waals surface area contributed by atoms with Gasteiger partial charge in [-0.2, -0.15) is 0 Å². The highest BCUT2D eigenvalue weighted by molar-refractivity contribution is 5.90. The van der Waals surface area contributed by atoms with Crippen molar-refractivity contribution in [3.63, 3.8) is 0 Å². The highest BCUT2D eigenvalue weighted by atomic mass is 16.7. The monoisotopic (exact) mass is 555 g/mol. The molecule has 0 bridgehead atoms. The number of rotatable bonds is 13. The van der Waals surface area contributed by atoms with Gasteiger partial charge in [0, 0.05) is 43.1 Å². The molecule has 2 aliphatic heterocycles. The van der Waals surface area contributed by atoms with Crippen LogP contribution in [0.2, 0.25) is 0 Å². The fraction of sp³-hybridized carbons (Fsp3) is 0.533. The van der Waals surface area contributed by atoms with Gasteiger partial charge in [0.2, 0.25) is 11.8 Å². The number of unbranched alkanes of at least 4 members (excludes halogenated alkanes) is 2. The molecular weight excluding hydrogens is 514 g/mol. The molecule has 0 aliphatic carbocycles. The van der Waals surface area contributed by atoms with Gasteiger partial charge >= 0.3 is 0 Å². The van der Waals surface area contributed by atoms with Crippen LogP contribution < -0.4 is 10.8 Å². The van der Waals surface area contributed by atoms with E-state index in [0.29, 0.717) is 44.3 Å². The molecule has 2 fully saturated rings. The molecule has 0 radical (unpaired) electrons. The van der Waals surface area contributed by atoms with Crippen LogP contribution in [-0.4, -0.2) is 64.0 Å². The van der Waals surface area contributed by atoms with Crippen molar-refractivity contribution in [2.45, 2.75) is 82.5 Å². The second kappa shape index (κ2) is 15.2. The normalized spacial score (nSPS) is 23.2. The number of anilines is 1. The summed E-state index contributed by atoms with van der Waals surface area (Å²) in [7, 11) is 0. The second-order valence-corrected chi connectivity index (χ2v) is 10.6. The minimum atomic E-state index is -0.633. The standard InChI is InChI=1S/C30H41N3O7/c34-19-21-11-13-22(14-12-21)27-17-26(18-33-15-5-8-25(33)20-35)39-30(40-27)23-6-4-7-24(16-23)31-28(36)9-2-1-3-10-29(37)32-38/h4,6-7,11-14,16,25-27,30,34-35,38H,1-3,5,8-10,15,17-20H2,(H,31,36)(H,32,37). The van der Waals surface area contributed by atoms with Crippen molar-refractivity contribution in [2.75, 3.05) is 25.0 Å². The first kappa shape index (κ1) is 30.1. The second-order valence-electron chi connectivity index (χ2n) is 10.6. The van der Waals surface area contributed by atoms with Gasteiger partial charge in [0.15, 0.2) is 6.29 Å². The van der Waals surface area contributed by atoms with Crippen LogP contribution in [0.5, 0.6) is 0 Å². The van der Waals surface area contributed by atoms with Crippen LogP contribution in [0.1, 0.15) is 80.5 Å². The Morgan fingerprint density at radius 1 is 0.950 bits per heavy atom. The highest BCUT2D eigenvalue weighted by Crippen LogP contribution is 2.39. The van der Waals surface area contributed by atoms with Crippen LogP contribution >= 0.6 is 0 Å². The number of benzene rings is 2. The third kappa shape index (κ3) is 8.57. The van der Waals surface area contributed by atoms with E-state index in [9.17, 15) is 19.8 Å². The van der Waals surface area contributed by atoms with Crippen molar-refractivity contribution in [1.29, 1.82) is 0 Å². The van der Waals surface area contributed by atoms with Crippen LogP contribution in [0.4, 0.5) is 5.69 Å². The summed E-state index contributed by atoms with van der Waals surface area (Å²) >= 11 is 0. The molecule has 2 aromatic rings. The van der Waals surface area contributed by atoms with Crippen molar-refractivity contribution in [1.82, 2.24) is 10.4 Å². The first-order valence-electron chi connectivity index (χ1n) is 14.2. The molecule has 4 rings (SSSR count). The van der Waals surface area contributed by atoms with Crippen LogP contribution in [-0.2, 0) is 25.7 Å². The van der Waals surface area contributed by atoms with Gasteiger partial charge < -0.3 is 25.0 Å². The number of nitrogens with zero attached hydrogens (tertiary/aromatic N) is 1. The van der Waals surface area contributed by atoms with E-state index in [2.05, 4.69) is 10.2 Å². The van der Waals surface area contributed by atoms with Crippen molar-refractivity contribution in [2.24, 2.45) is 0 Å². The average Bonchev–Trinajstić information content (AvgIpc) is 3.43. The van der Waals surface area contributed by atoms with Gasteiger partial charge in [0.1, 0.15) is 0 Å². The Labute approximate surface area is 235 Å². The van der Waals surface area contributed by atoms with Gasteiger partial charge in [-0.3, -0.25) is 19.7 Å². The molecule has 4 unspecified atom stereocenters. The maximum atomic E-state index is 12.5. The summed E-state index contributed by atoms with van der Waals surface area (Å²) in [6.45, 7) is 1.75. The number of carbonyl (C=O) groups excluding carboxylic acids is 2. The molecular formula is C30H41N3O7. The number of likely N-dealkylation sites (tertiary alicyclic amines) is 1. The zero-order valence-corrected chi connectivity index (χ0v) is 22.8. The lowest BCUT2D eigenvalue weighted by Crippen LogP contribution is -2.42. The number of carbonyl (C=O) groups is 2. The van der Waals surface area contributed by atoms with Gasteiger partial charge in [-0.25, -0.2) is 5.48 Å². The number of hydroxylamine groups is 1. The van der Waals surface area contributed by atoms with E-state index in [1.807, 2.05) is 48.5 Å². The van der Waals surface area contributed by atoms with Gasteiger partial charge in [-0.1, -0.05) is 42.8 Å². The number of nitrogens with one attached hydrogen (secondary N) is 2. The zero-order valence-electron chi connectivity index (χ0n) is 22.8. The highest BCUT2D eigenvalue weighted by Gasteiger charge is 2.35. The third-order valence-electron chi connectivity index (χ3n) is 7.64. The Balaban J connectivity index is 1.41. The smallest absolute Gasteiger partial charge is 0.243 e. The van der Waals surface area contributed by atoms with Gasteiger partial charge in [0.25, 0.3) is 0 Å². The Morgan fingerprint density at radius 3 is 2.45 bits per heavy atom. The molecule has 10 heteroatoms. The number of hydrogen-bond acceptors (Lipinski definition) is 8. The molecule has 0 aromatic heterocycles. The number of aliphatic hydroxyl groups excluding tert-OH is 2. The molecule has 4 atom stereocenters. The summed E-state index contributed by atoms with van der Waals surface area (Å²) in [6.07, 6.45) is 4.27. The number of amides is 2. The summed E-state index contributed by atoms with van der Waals surface area (Å²) in [5, 5.41) is 30.7. The lowest BCUT2D eigenvalue weighted by molar-refractivity contribution is -0.253. The van der Waals surface area contributed by atoms with E-state index in [4.69, 9.17) is 14.7 Å². The molecule has 2 aliphatic rings. The summed E-state index contributed by atoms with van der Waals surface area (Å²) in [5.74, 6) is -0.535. The lowest BCUT2D eigenvalue weighted by Gasteiger charge is -2.38. The summed E-state index contributed by atoms with van der Waals surface area (Å²) < 4.78 is 12.9. The topological polar surface area (TPSA) is 141 Å². The summed E-state index contributed by atoms with van der Waals surface area (Å²) in [6, 6.07) is 15.4. The van der Waals surface area contributed by atoms with E-state index in [1.54, 1.807) is 5.48 Å². The summed E-state index contributed by atoms with van der Waals surface area (Å²) in [4.78, 5) is 25.9. The van der Waals surface area contributed by atoms with Gasteiger partial charge in [-0.05, 0) is 55.5 Å². The molecule has 0 saturated carbocycles.